The third kappa shape index (κ3) is 7.32. The minimum Gasteiger partial charge on any atom is -0.331 e. The second kappa shape index (κ2) is 11.1. The number of nitrogens with zero attached hydrogens (tertiary/aromatic N) is 1. The average Bonchev–Trinajstić information content (AvgIpc) is 2.81. The van der Waals surface area contributed by atoms with E-state index in [4.69, 9.17) is 0 Å². The quantitative estimate of drug-likeness (QED) is 0.463. The van der Waals surface area contributed by atoms with E-state index in [1.54, 1.807) is 40.0 Å². The molecular formula is C28H31FN2O4S. The summed E-state index contributed by atoms with van der Waals surface area (Å²) in [6, 6.07) is 20.0. The number of carbonyl (C=O) groups is 2. The van der Waals surface area contributed by atoms with Gasteiger partial charge in [0.2, 0.25) is 10.0 Å². The van der Waals surface area contributed by atoms with E-state index in [1.807, 2.05) is 30.3 Å². The lowest BCUT2D eigenvalue weighted by Crippen LogP contribution is -2.44. The molecule has 0 heterocycles. The van der Waals surface area contributed by atoms with E-state index in [9.17, 15) is 22.4 Å². The molecule has 3 aromatic rings. The van der Waals surface area contributed by atoms with Crippen LogP contribution in [0.1, 0.15) is 42.3 Å². The lowest BCUT2D eigenvalue weighted by Gasteiger charge is -2.28. The Morgan fingerprint density at radius 3 is 2.03 bits per heavy atom. The number of hydrogen-bond donors (Lipinski definition) is 1. The van der Waals surface area contributed by atoms with Crippen molar-refractivity contribution in [3.8, 4) is 0 Å². The van der Waals surface area contributed by atoms with Crippen LogP contribution in [0.2, 0.25) is 0 Å². The van der Waals surface area contributed by atoms with E-state index >= 15 is 0 Å². The highest BCUT2D eigenvalue weighted by Crippen LogP contribution is 2.18. The molecule has 3 aromatic carbocycles. The number of Topliss-reactive ketones (excluding diaryl/α,β-unsaturated/α-hetero) is 1. The molecule has 0 unspecified atom stereocenters. The predicted molar refractivity (Wildman–Crippen MR) is 138 cm³/mol. The molecule has 0 saturated carbocycles. The lowest BCUT2D eigenvalue weighted by atomic mass is 9.96. The fourth-order valence-electron chi connectivity index (χ4n) is 3.81. The number of rotatable bonds is 9. The molecule has 8 heteroatoms. The number of halogens is 1. The van der Waals surface area contributed by atoms with E-state index < -0.39 is 27.4 Å². The molecule has 0 bridgehead atoms. The van der Waals surface area contributed by atoms with Gasteiger partial charge in [-0.2, -0.15) is 0 Å². The Morgan fingerprint density at radius 1 is 0.889 bits per heavy atom. The van der Waals surface area contributed by atoms with Crippen LogP contribution >= 0.6 is 0 Å². The lowest BCUT2D eigenvalue weighted by molar-refractivity contribution is -0.122. The summed E-state index contributed by atoms with van der Waals surface area (Å²) in [6.07, 6.45) is 0.330. The molecule has 0 aliphatic rings. The van der Waals surface area contributed by atoms with Crippen LogP contribution in [-0.4, -0.2) is 43.6 Å². The van der Waals surface area contributed by atoms with Crippen molar-refractivity contribution in [1.29, 1.82) is 0 Å². The van der Waals surface area contributed by atoms with E-state index in [0.717, 1.165) is 5.56 Å². The Bertz CT molecular complexity index is 1300. The minimum atomic E-state index is -3.69. The Kier molecular flexibility index (Phi) is 8.43. The van der Waals surface area contributed by atoms with E-state index in [2.05, 4.69) is 4.72 Å². The molecule has 190 valence electrons. The summed E-state index contributed by atoms with van der Waals surface area (Å²) in [7, 11) is -2.13. The van der Waals surface area contributed by atoms with Crippen LogP contribution in [0.15, 0.2) is 83.8 Å². The highest BCUT2D eigenvalue weighted by Gasteiger charge is 2.28. The Labute approximate surface area is 212 Å². The topological polar surface area (TPSA) is 83.6 Å². The number of likely N-dealkylation sites (N-methyl/N-ethyl adjacent to an activating group) is 1. The summed E-state index contributed by atoms with van der Waals surface area (Å²) in [6.45, 7) is 5.27. The third-order valence-corrected chi connectivity index (χ3v) is 7.35. The molecule has 36 heavy (non-hydrogen) atoms. The maximum atomic E-state index is 13.4. The van der Waals surface area contributed by atoms with Crippen LogP contribution in [0.4, 0.5) is 4.39 Å². The molecule has 0 aromatic heterocycles. The molecule has 1 N–H and O–H groups in total. The molecule has 0 spiro atoms. The van der Waals surface area contributed by atoms with Gasteiger partial charge in [-0.1, -0.05) is 42.5 Å². The highest BCUT2D eigenvalue weighted by molar-refractivity contribution is 7.89. The largest absolute Gasteiger partial charge is 0.331 e. The number of carbonyl (C=O) groups excluding carboxylic acids is 2. The van der Waals surface area contributed by atoms with Crippen molar-refractivity contribution in [3.63, 3.8) is 0 Å². The number of sulfonamides is 1. The Balaban J connectivity index is 1.82. The van der Waals surface area contributed by atoms with Crippen LogP contribution in [0.3, 0.4) is 0 Å². The van der Waals surface area contributed by atoms with E-state index in [1.165, 1.54) is 41.3 Å². The van der Waals surface area contributed by atoms with Gasteiger partial charge in [0, 0.05) is 24.6 Å². The summed E-state index contributed by atoms with van der Waals surface area (Å²) in [5.41, 5.74) is 1.19. The molecular weight excluding hydrogens is 479 g/mol. The third-order valence-electron chi connectivity index (χ3n) is 5.58. The smallest absolute Gasteiger partial charge is 0.254 e. The molecule has 0 fully saturated rings. The van der Waals surface area contributed by atoms with Gasteiger partial charge in [-0.3, -0.25) is 9.59 Å². The van der Waals surface area contributed by atoms with Gasteiger partial charge in [0.1, 0.15) is 5.82 Å². The molecule has 3 rings (SSSR count). The number of amides is 1. The molecule has 1 atom stereocenters. The number of hydrogen-bond acceptors (Lipinski definition) is 4. The van der Waals surface area contributed by atoms with Gasteiger partial charge in [0.05, 0.1) is 10.9 Å². The van der Waals surface area contributed by atoms with Crippen LogP contribution < -0.4 is 4.72 Å². The molecule has 0 aliphatic carbocycles. The monoisotopic (exact) mass is 510 g/mol. The fourth-order valence-corrected chi connectivity index (χ4v) is 5.23. The first-order valence-electron chi connectivity index (χ1n) is 11.6. The van der Waals surface area contributed by atoms with E-state index in [-0.39, 0.29) is 28.6 Å². The second-order valence-corrected chi connectivity index (χ2v) is 11.5. The first-order valence-corrected chi connectivity index (χ1v) is 13.1. The van der Waals surface area contributed by atoms with Crippen molar-refractivity contribution in [2.45, 2.75) is 50.1 Å². The van der Waals surface area contributed by atoms with Gasteiger partial charge in [0.25, 0.3) is 5.91 Å². The zero-order valence-corrected chi connectivity index (χ0v) is 21.7. The van der Waals surface area contributed by atoms with Gasteiger partial charge in [-0.05, 0) is 74.7 Å². The molecule has 0 saturated heterocycles. The Hall–Kier alpha value is -3.36. The van der Waals surface area contributed by atoms with Crippen LogP contribution in [-0.2, 0) is 27.7 Å². The number of benzene rings is 3. The second-order valence-electron chi connectivity index (χ2n) is 9.77. The van der Waals surface area contributed by atoms with Crippen LogP contribution in [0.25, 0.3) is 0 Å². The van der Waals surface area contributed by atoms with E-state index in [0.29, 0.717) is 12.0 Å². The van der Waals surface area contributed by atoms with Crippen molar-refractivity contribution < 1.29 is 22.4 Å². The summed E-state index contributed by atoms with van der Waals surface area (Å²) in [5, 5.41) is 0. The number of ketones is 1. The van der Waals surface area contributed by atoms with Crippen LogP contribution in [0, 0.1) is 5.82 Å². The van der Waals surface area contributed by atoms with Crippen molar-refractivity contribution in [2.75, 3.05) is 7.05 Å². The van der Waals surface area contributed by atoms with Crippen LogP contribution in [0.5, 0.6) is 0 Å². The number of nitrogens with one attached hydrogen (secondary N) is 1. The summed E-state index contributed by atoms with van der Waals surface area (Å²) in [4.78, 5) is 28.0. The molecule has 0 radical (unpaired) electrons. The predicted octanol–water partition coefficient (Wildman–Crippen LogP) is 4.40. The summed E-state index contributed by atoms with van der Waals surface area (Å²) >= 11 is 0. The van der Waals surface area contributed by atoms with Gasteiger partial charge in [-0.15, -0.1) is 0 Å². The Morgan fingerprint density at radius 2 is 1.47 bits per heavy atom. The summed E-state index contributed by atoms with van der Waals surface area (Å²) < 4.78 is 41.1. The molecule has 0 aliphatic heterocycles. The first kappa shape index (κ1) is 27.2. The fraction of sp³-hybridized carbons (Fsp3) is 0.286. The highest BCUT2D eigenvalue weighted by atomic mass is 32.2. The zero-order chi connectivity index (χ0) is 26.5. The maximum Gasteiger partial charge on any atom is 0.254 e. The SMILES string of the molecule is CN(C(=O)c1ccc(F)cc1)[C@@H](Cc1ccccc1)C(=O)Cc1ccc(S(=O)(=O)NC(C)(C)C)cc1. The average molecular weight is 511 g/mol. The van der Waals surface area contributed by atoms with Gasteiger partial charge >= 0.3 is 0 Å². The molecule has 6 nitrogen and oxygen atoms in total. The standard InChI is InChI=1S/C28H31FN2O4S/c1-28(2,3)30-36(34,35)24-16-10-21(11-17-24)19-26(32)25(18-20-8-6-5-7-9-20)31(4)27(33)22-12-14-23(29)15-13-22/h5-17,25,30H,18-19H2,1-4H3/t25-/m0/s1. The van der Waals surface area contributed by atoms with Crippen molar-refractivity contribution in [1.82, 2.24) is 9.62 Å². The first-order chi connectivity index (χ1) is 16.9. The molecule has 1 amide bonds. The van der Waals surface area contributed by atoms with Crippen molar-refractivity contribution in [2.24, 2.45) is 0 Å². The van der Waals surface area contributed by atoms with Gasteiger partial charge in [0.15, 0.2) is 5.78 Å². The van der Waals surface area contributed by atoms with Crippen molar-refractivity contribution >= 4 is 21.7 Å². The van der Waals surface area contributed by atoms with Gasteiger partial charge < -0.3 is 4.90 Å². The maximum absolute atomic E-state index is 13.4. The van der Waals surface area contributed by atoms with Crippen molar-refractivity contribution in [3.05, 3.63) is 101 Å². The summed E-state index contributed by atoms with van der Waals surface area (Å²) in [5.74, 6) is -1.03. The normalized spacial score (nSPS) is 12.7. The zero-order valence-electron chi connectivity index (χ0n) is 20.9. The van der Waals surface area contributed by atoms with Gasteiger partial charge in [-0.25, -0.2) is 17.5 Å². The minimum absolute atomic E-state index is 0.0194.